The smallest absolute Gasteiger partial charge is 0.309 e. The highest BCUT2D eigenvalue weighted by Crippen LogP contribution is 2.06. The van der Waals surface area contributed by atoms with Gasteiger partial charge < -0.3 is 15.0 Å². The third kappa shape index (κ3) is 3.27. The summed E-state index contributed by atoms with van der Waals surface area (Å²) in [5.41, 5.74) is 0. The number of hydrogen-bond donors (Lipinski definition) is 1. The van der Waals surface area contributed by atoms with Crippen LogP contribution in [0.4, 0.5) is 0 Å². The molecule has 1 rings (SSSR count). The molecule has 1 N–H and O–H groups in total. The van der Waals surface area contributed by atoms with Crippen molar-refractivity contribution in [3.8, 4) is 0 Å². The fourth-order valence-corrected chi connectivity index (χ4v) is 1.73. The Morgan fingerprint density at radius 3 is 2.93 bits per heavy atom. The Morgan fingerprint density at radius 2 is 2.43 bits per heavy atom. The van der Waals surface area contributed by atoms with Gasteiger partial charge in [0.15, 0.2) is 0 Å². The van der Waals surface area contributed by atoms with Crippen LogP contribution in [0.15, 0.2) is 0 Å². The normalized spacial score (nSPS) is 24.9. The molecule has 0 amide bonds. The number of likely N-dealkylation sites (tertiary alicyclic amines) is 1. The van der Waals surface area contributed by atoms with E-state index < -0.39 is 0 Å². The van der Waals surface area contributed by atoms with Gasteiger partial charge in [-0.15, -0.1) is 0 Å². The Morgan fingerprint density at radius 1 is 1.71 bits per heavy atom. The molecule has 0 saturated carbocycles. The average molecular weight is 200 g/mol. The zero-order valence-corrected chi connectivity index (χ0v) is 9.25. The molecule has 1 heterocycles. The second-order valence-electron chi connectivity index (χ2n) is 4.08. The van der Waals surface area contributed by atoms with Crippen LogP contribution in [-0.2, 0) is 9.53 Å². The fourth-order valence-electron chi connectivity index (χ4n) is 1.73. The van der Waals surface area contributed by atoms with E-state index in [4.69, 9.17) is 0 Å². The van der Waals surface area contributed by atoms with E-state index in [2.05, 4.69) is 22.0 Å². The van der Waals surface area contributed by atoms with E-state index >= 15 is 0 Å². The summed E-state index contributed by atoms with van der Waals surface area (Å²) in [5.74, 6) is -0.185. The first kappa shape index (κ1) is 11.5. The molecule has 82 valence electrons. The molecule has 0 aromatic carbocycles. The van der Waals surface area contributed by atoms with Crippen molar-refractivity contribution in [1.82, 2.24) is 10.2 Å². The van der Waals surface area contributed by atoms with Gasteiger partial charge in [0.2, 0.25) is 0 Å². The molecule has 1 saturated heterocycles. The van der Waals surface area contributed by atoms with Gasteiger partial charge in [0.25, 0.3) is 0 Å². The van der Waals surface area contributed by atoms with E-state index in [1.807, 2.05) is 6.92 Å². The molecule has 0 spiro atoms. The number of carbonyl (C=O) groups is 1. The number of methoxy groups -OCH3 is 1. The predicted octanol–water partition coefficient (Wildman–Crippen LogP) is 0.0892. The Labute approximate surface area is 85.6 Å². The molecular formula is C10H20N2O2. The van der Waals surface area contributed by atoms with E-state index in [-0.39, 0.29) is 11.9 Å². The highest BCUT2D eigenvalue weighted by Gasteiger charge is 2.20. The molecule has 4 nitrogen and oxygen atoms in total. The zero-order valence-electron chi connectivity index (χ0n) is 9.25. The van der Waals surface area contributed by atoms with Crippen molar-refractivity contribution in [2.75, 3.05) is 33.8 Å². The van der Waals surface area contributed by atoms with Crippen LogP contribution in [0, 0.1) is 5.92 Å². The van der Waals surface area contributed by atoms with Crippen LogP contribution in [0.2, 0.25) is 0 Å². The third-order valence-corrected chi connectivity index (χ3v) is 2.71. The molecule has 1 aliphatic heterocycles. The maximum Gasteiger partial charge on any atom is 0.309 e. The summed E-state index contributed by atoms with van der Waals surface area (Å²) in [6.07, 6.45) is 1.17. The molecule has 2 atom stereocenters. The SMILES string of the molecule is COC(=O)C(C)CNC1CCN(C)C1. The molecule has 2 unspecified atom stereocenters. The van der Waals surface area contributed by atoms with Gasteiger partial charge in [0.1, 0.15) is 0 Å². The van der Waals surface area contributed by atoms with Crippen LogP contribution in [0.5, 0.6) is 0 Å². The van der Waals surface area contributed by atoms with E-state index in [0.29, 0.717) is 12.6 Å². The summed E-state index contributed by atoms with van der Waals surface area (Å²) in [5, 5.41) is 3.38. The van der Waals surface area contributed by atoms with Crippen molar-refractivity contribution in [3.05, 3.63) is 0 Å². The fraction of sp³-hybridized carbons (Fsp3) is 0.900. The second kappa shape index (κ2) is 5.32. The minimum atomic E-state index is -0.135. The predicted molar refractivity (Wildman–Crippen MR) is 55.1 cm³/mol. The number of esters is 1. The van der Waals surface area contributed by atoms with E-state index in [0.717, 1.165) is 13.1 Å². The average Bonchev–Trinajstić information content (AvgIpc) is 2.59. The molecule has 4 heteroatoms. The van der Waals surface area contributed by atoms with E-state index in [9.17, 15) is 4.79 Å². The van der Waals surface area contributed by atoms with Gasteiger partial charge in [-0.3, -0.25) is 4.79 Å². The summed E-state index contributed by atoms with van der Waals surface area (Å²) in [4.78, 5) is 13.4. The van der Waals surface area contributed by atoms with Crippen molar-refractivity contribution in [2.24, 2.45) is 5.92 Å². The number of ether oxygens (including phenoxy) is 1. The lowest BCUT2D eigenvalue weighted by Crippen LogP contribution is -2.36. The van der Waals surface area contributed by atoms with Crippen LogP contribution >= 0.6 is 0 Å². The standard InChI is InChI=1S/C10H20N2O2/c1-8(10(13)14-3)6-11-9-4-5-12(2)7-9/h8-9,11H,4-7H2,1-3H3. The molecular weight excluding hydrogens is 180 g/mol. The van der Waals surface area contributed by atoms with Crippen LogP contribution in [0.25, 0.3) is 0 Å². The maximum absolute atomic E-state index is 11.1. The highest BCUT2D eigenvalue weighted by molar-refractivity contribution is 5.72. The molecule has 0 aromatic heterocycles. The topological polar surface area (TPSA) is 41.6 Å². The highest BCUT2D eigenvalue weighted by atomic mass is 16.5. The van der Waals surface area contributed by atoms with Gasteiger partial charge in [-0.2, -0.15) is 0 Å². The number of carbonyl (C=O) groups excluding carboxylic acids is 1. The molecule has 0 bridgehead atoms. The Kier molecular flexibility index (Phi) is 4.35. The number of nitrogens with zero attached hydrogens (tertiary/aromatic N) is 1. The largest absolute Gasteiger partial charge is 0.469 e. The lowest BCUT2D eigenvalue weighted by molar-refractivity contribution is -0.144. The molecule has 1 aliphatic rings. The number of rotatable bonds is 4. The minimum Gasteiger partial charge on any atom is -0.469 e. The van der Waals surface area contributed by atoms with Crippen molar-refractivity contribution >= 4 is 5.97 Å². The summed E-state index contributed by atoms with van der Waals surface area (Å²) >= 11 is 0. The van der Waals surface area contributed by atoms with Crippen LogP contribution in [0.3, 0.4) is 0 Å². The molecule has 1 fully saturated rings. The van der Waals surface area contributed by atoms with Gasteiger partial charge in [0, 0.05) is 19.1 Å². The Bertz CT molecular complexity index is 197. The first-order valence-corrected chi connectivity index (χ1v) is 5.13. The summed E-state index contributed by atoms with van der Waals surface area (Å²) in [7, 11) is 3.55. The number of likely N-dealkylation sites (N-methyl/N-ethyl adjacent to an activating group) is 1. The monoisotopic (exact) mass is 200 g/mol. The first-order valence-electron chi connectivity index (χ1n) is 5.13. The Balaban J connectivity index is 2.17. The van der Waals surface area contributed by atoms with Gasteiger partial charge in [-0.05, 0) is 20.0 Å². The minimum absolute atomic E-state index is 0.0501. The summed E-state index contributed by atoms with van der Waals surface area (Å²) < 4.78 is 4.66. The quantitative estimate of drug-likeness (QED) is 0.653. The summed E-state index contributed by atoms with van der Waals surface area (Å²) in [6.45, 7) is 4.82. The number of nitrogens with one attached hydrogen (secondary N) is 1. The summed E-state index contributed by atoms with van der Waals surface area (Å²) in [6, 6.07) is 0.534. The van der Waals surface area contributed by atoms with Gasteiger partial charge in [-0.25, -0.2) is 0 Å². The number of hydrogen-bond acceptors (Lipinski definition) is 4. The van der Waals surface area contributed by atoms with Crippen molar-refractivity contribution in [1.29, 1.82) is 0 Å². The molecule has 0 radical (unpaired) electrons. The van der Waals surface area contributed by atoms with Crippen molar-refractivity contribution in [3.63, 3.8) is 0 Å². The van der Waals surface area contributed by atoms with Gasteiger partial charge in [0.05, 0.1) is 13.0 Å². The van der Waals surface area contributed by atoms with Crippen LogP contribution in [0.1, 0.15) is 13.3 Å². The van der Waals surface area contributed by atoms with E-state index in [1.54, 1.807) is 0 Å². The van der Waals surface area contributed by atoms with Crippen LogP contribution in [-0.4, -0.2) is 50.7 Å². The second-order valence-corrected chi connectivity index (χ2v) is 4.08. The molecule has 0 aliphatic carbocycles. The lowest BCUT2D eigenvalue weighted by atomic mass is 10.1. The zero-order chi connectivity index (χ0) is 10.6. The van der Waals surface area contributed by atoms with Crippen LogP contribution < -0.4 is 5.32 Å². The van der Waals surface area contributed by atoms with Crippen molar-refractivity contribution in [2.45, 2.75) is 19.4 Å². The lowest BCUT2D eigenvalue weighted by Gasteiger charge is -2.15. The Hall–Kier alpha value is -0.610. The van der Waals surface area contributed by atoms with Gasteiger partial charge >= 0.3 is 5.97 Å². The third-order valence-electron chi connectivity index (χ3n) is 2.71. The van der Waals surface area contributed by atoms with E-state index in [1.165, 1.54) is 13.5 Å². The van der Waals surface area contributed by atoms with Gasteiger partial charge in [-0.1, -0.05) is 6.92 Å². The maximum atomic E-state index is 11.1. The van der Waals surface area contributed by atoms with Crippen molar-refractivity contribution < 1.29 is 9.53 Å². The molecule has 14 heavy (non-hydrogen) atoms. The first-order chi connectivity index (χ1) is 6.63. The molecule has 0 aromatic rings.